The van der Waals surface area contributed by atoms with Crippen LogP contribution in [0, 0.1) is 0 Å². The van der Waals surface area contributed by atoms with E-state index in [1.165, 1.54) is 0 Å². The Labute approximate surface area is 120 Å². The van der Waals surface area contributed by atoms with E-state index in [0.717, 1.165) is 24.3 Å². The van der Waals surface area contributed by atoms with Gasteiger partial charge in [0, 0.05) is 18.7 Å². The number of likely N-dealkylation sites (N-methyl/N-ethyl adjacent to an activating group) is 1. The Bertz CT molecular complexity index is 283. The number of carbonyl (C=O) groups excluding carboxylic acids is 1. The van der Waals surface area contributed by atoms with Gasteiger partial charge in [0.25, 0.3) is 0 Å². The second-order valence-corrected chi connectivity index (χ2v) is 6.50. The lowest BCUT2D eigenvalue weighted by Crippen LogP contribution is -2.55. The molecule has 19 heavy (non-hydrogen) atoms. The predicted octanol–water partition coefficient (Wildman–Crippen LogP) is 0.327. The Morgan fingerprint density at radius 1 is 1.53 bits per heavy atom. The van der Waals surface area contributed by atoms with Crippen LogP contribution in [-0.4, -0.2) is 72.9 Å². The number of carbonyl (C=O) groups is 1. The molecule has 1 saturated heterocycles. The van der Waals surface area contributed by atoms with Crippen LogP contribution in [0.2, 0.25) is 0 Å². The zero-order chi connectivity index (χ0) is 14.3. The maximum Gasteiger partial charge on any atom is 0.234 e. The summed E-state index contributed by atoms with van der Waals surface area (Å²) < 4.78 is 5.00. The number of nitrogens with one attached hydrogen (secondary N) is 1. The third kappa shape index (κ3) is 4.95. The number of aliphatic hydroxyl groups is 1. The van der Waals surface area contributed by atoms with Crippen LogP contribution in [0.25, 0.3) is 0 Å². The van der Waals surface area contributed by atoms with Gasteiger partial charge in [0.05, 0.1) is 19.8 Å². The van der Waals surface area contributed by atoms with Gasteiger partial charge < -0.3 is 15.2 Å². The summed E-state index contributed by atoms with van der Waals surface area (Å²) in [5.41, 5.74) is -0.229. The SMILES string of the molecule is COCC(C)NC(=O)CN(C)C1(CO)CCSCC1. The highest BCUT2D eigenvalue weighted by molar-refractivity contribution is 7.99. The smallest absolute Gasteiger partial charge is 0.234 e. The average Bonchev–Trinajstić information content (AvgIpc) is 2.39. The summed E-state index contributed by atoms with van der Waals surface area (Å²) in [6, 6.07) is 0.0119. The van der Waals surface area contributed by atoms with Gasteiger partial charge in [0.1, 0.15) is 0 Å². The molecule has 6 heteroatoms. The van der Waals surface area contributed by atoms with Gasteiger partial charge in [-0.25, -0.2) is 0 Å². The average molecular weight is 290 g/mol. The van der Waals surface area contributed by atoms with Crippen LogP contribution < -0.4 is 5.32 Å². The van der Waals surface area contributed by atoms with E-state index in [0.29, 0.717) is 13.2 Å². The second-order valence-electron chi connectivity index (χ2n) is 5.27. The number of methoxy groups -OCH3 is 1. The van der Waals surface area contributed by atoms with Crippen LogP contribution in [-0.2, 0) is 9.53 Å². The van der Waals surface area contributed by atoms with Crippen molar-refractivity contribution in [3.05, 3.63) is 0 Å². The van der Waals surface area contributed by atoms with Crippen LogP contribution in [0.5, 0.6) is 0 Å². The summed E-state index contributed by atoms with van der Waals surface area (Å²) >= 11 is 1.91. The van der Waals surface area contributed by atoms with Gasteiger partial charge in [0.15, 0.2) is 0 Å². The van der Waals surface area contributed by atoms with E-state index in [-0.39, 0.29) is 24.1 Å². The lowest BCUT2D eigenvalue weighted by molar-refractivity contribution is -0.125. The van der Waals surface area contributed by atoms with Crippen LogP contribution in [0.1, 0.15) is 19.8 Å². The molecule has 1 aliphatic heterocycles. The fraction of sp³-hybridized carbons (Fsp3) is 0.923. The number of nitrogens with zero attached hydrogens (tertiary/aromatic N) is 1. The maximum atomic E-state index is 11.9. The lowest BCUT2D eigenvalue weighted by atomic mass is 9.91. The molecule has 112 valence electrons. The zero-order valence-corrected chi connectivity index (χ0v) is 13.0. The fourth-order valence-corrected chi connectivity index (χ4v) is 3.66. The van der Waals surface area contributed by atoms with Crippen molar-refractivity contribution >= 4 is 17.7 Å². The first-order valence-corrected chi connectivity index (χ1v) is 7.87. The number of aliphatic hydroxyl groups excluding tert-OH is 1. The highest BCUT2D eigenvalue weighted by atomic mass is 32.2. The zero-order valence-electron chi connectivity index (χ0n) is 12.1. The molecule has 1 unspecified atom stereocenters. The summed E-state index contributed by atoms with van der Waals surface area (Å²) in [6.45, 7) is 2.86. The molecule has 0 bridgehead atoms. The summed E-state index contributed by atoms with van der Waals surface area (Å²) in [4.78, 5) is 13.9. The molecule has 0 aliphatic carbocycles. The van der Waals surface area contributed by atoms with Crippen LogP contribution in [0.15, 0.2) is 0 Å². The van der Waals surface area contributed by atoms with Crippen molar-refractivity contribution in [1.82, 2.24) is 10.2 Å². The summed E-state index contributed by atoms with van der Waals surface area (Å²) in [5.74, 6) is 2.08. The number of amides is 1. The molecule has 1 heterocycles. The van der Waals surface area contributed by atoms with E-state index in [2.05, 4.69) is 5.32 Å². The molecule has 2 N–H and O–H groups in total. The molecule has 1 fully saturated rings. The normalized spacial score (nSPS) is 20.3. The number of hydrogen-bond acceptors (Lipinski definition) is 5. The van der Waals surface area contributed by atoms with Crippen molar-refractivity contribution in [3.8, 4) is 0 Å². The first kappa shape index (κ1) is 16.8. The number of rotatable bonds is 7. The highest BCUT2D eigenvalue weighted by Crippen LogP contribution is 2.31. The van der Waals surface area contributed by atoms with Crippen LogP contribution in [0.3, 0.4) is 0 Å². The molecular weight excluding hydrogens is 264 g/mol. The Morgan fingerprint density at radius 3 is 2.68 bits per heavy atom. The summed E-state index contributed by atoms with van der Waals surface area (Å²) in [7, 11) is 3.54. The number of ether oxygens (including phenoxy) is 1. The van der Waals surface area contributed by atoms with Crippen LogP contribution in [0.4, 0.5) is 0 Å². The van der Waals surface area contributed by atoms with E-state index in [1.807, 2.05) is 30.6 Å². The molecule has 1 amide bonds. The van der Waals surface area contributed by atoms with Gasteiger partial charge >= 0.3 is 0 Å². The third-order valence-electron chi connectivity index (χ3n) is 3.73. The number of thioether (sulfide) groups is 1. The molecule has 5 nitrogen and oxygen atoms in total. The van der Waals surface area contributed by atoms with Gasteiger partial charge in [0.2, 0.25) is 5.91 Å². The van der Waals surface area contributed by atoms with Gasteiger partial charge in [-0.1, -0.05) is 0 Å². The third-order valence-corrected chi connectivity index (χ3v) is 4.72. The molecule has 0 aromatic heterocycles. The van der Waals surface area contributed by atoms with Crippen molar-refractivity contribution in [2.75, 3.05) is 45.4 Å². The predicted molar refractivity (Wildman–Crippen MR) is 78.5 cm³/mol. The first-order chi connectivity index (χ1) is 9.04. The summed E-state index contributed by atoms with van der Waals surface area (Å²) in [6.07, 6.45) is 1.87. The van der Waals surface area contributed by atoms with Crippen LogP contribution >= 0.6 is 11.8 Å². The highest BCUT2D eigenvalue weighted by Gasteiger charge is 2.36. The van der Waals surface area contributed by atoms with Crippen molar-refractivity contribution < 1.29 is 14.6 Å². The molecule has 1 atom stereocenters. The van der Waals surface area contributed by atoms with Crippen molar-refractivity contribution in [2.24, 2.45) is 0 Å². The Balaban J connectivity index is 2.47. The van der Waals surface area contributed by atoms with Crippen molar-refractivity contribution in [1.29, 1.82) is 0 Å². The standard InChI is InChI=1S/C13H26N2O3S/c1-11(9-18-3)14-12(17)8-15(2)13(10-16)4-6-19-7-5-13/h11,16H,4-10H2,1-3H3,(H,14,17). The van der Waals surface area contributed by atoms with E-state index < -0.39 is 0 Å². The minimum Gasteiger partial charge on any atom is -0.394 e. The van der Waals surface area contributed by atoms with Crippen molar-refractivity contribution in [2.45, 2.75) is 31.3 Å². The molecule has 0 saturated carbocycles. The minimum atomic E-state index is -0.229. The molecule has 1 aliphatic rings. The Morgan fingerprint density at radius 2 is 2.16 bits per heavy atom. The second kappa shape index (κ2) is 8.09. The largest absolute Gasteiger partial charge is 0.394 e. The Kier molecular flexibility index (Phi) is 7.13. The number of hydrogen-bond donors (Lipinski definition) is 2. The van der Waals surface area contributed by atoms with Gasteiger partial charge in [-0.3, -0.25) is 9.69 Å². The maximum absolute atomic E-state index is 11.9. The fourth-order valence-electron chi connectivity index (χ4n) is 2.41. The van der Waals surface area contributed by atoms with Crippen molar-refractivity contribution in [3.63, 3.8) is 0 Å². The quantitative estimate of drug-likeness (QED) is 0.707. The van der Waals surface area contributed by atoms with E-state index in [4.69, 9.17) is 4.74 Å². The molecule has 1 rings (SSSR count). The topological polar surface area (TPSA) is 61.8 Å². The lowest BCUT2D eigenvalue weighted by Gasteiger charge is -2.43. The molecule has 0 radical (unpaired) electrons. The molecule has 0 spiro atoms. The van der Waals surface area contributed by atoms with E-state index >= 15 is 0 Å². The summed E-state index contributed by atoms with van der Waals surface area (Å²) in [5, 5.41) is 12.6. The van der Waals surface area contributed by atoms with Gasteiger partial charge in [-0.05, 0) is 38.3 Å². The molecular formula is C13H26N2O3S. The first-order valence-electron chi connectivity index (χ1n) is 6.72. The van der Waals surface area contributed by atoms with Gasteiger partial charge in [-0.2, -0.15) is 11.8 Å². The monoisotopic (exact) mass is 290 g/mol. The van der Waals surface area contributed by atoms with E-state index in [9.17, 15) is 9.90 Å². The molecule has 0 aromatic rings. The molecule has 0 aromatic carbocycles. The minimum absolute atomic E-state index is 0.0119. The van der Waals surface area contributed by atoms with Gasteiger partial charge in [-0.15, -0.1) is 0 Å². The van der Waals surface area contributed by atoms with E-state index in [1.54, 1.807) is 7.11 Å². The Hall–Kier alpha value is -0.300.